The number of likely N-dealkylation sites (N-methyl/N-ethyl adjacent to an activating group) is 1. The van der Waals surface area contributed by atoms with E-state index in [1.807, 2.05) is 11.9 Å². The second-order valence-corrected chi connectivity index (χ2v) is 6.94. The molecule has 8 nitrogen and oxygen atoms in total. The lowest BCUT2D eigenvalue weighted by molar-refractivity contribution is 0.0690. The summed E-state index contributed by atoms with van der Waals surface area (Å²) in [5.74, 6) is -0.670. The normalized spacial score (nSPS) is 21.9. The SMILES string of the molecule is CN(CCn1cc(C(=O)O)nn1)C1CCS(=O)(=O)C1. The van der Waals surface area contributed by atoms with Crippen LogP contribution in [0.4, 0.5) is 0 Å². The fraction of sp³-hybridized carbons (Fsp3) is 0.700. The lowest BCUT2D eigenvalue weighted by Gasteiger charge is -2.22. The zero-order valence-corrected chi connectivity index (χ0v) is 11.4. The third-order valence-electron chi connectivity index (χ3n) is 3.27. The van der Waals surface area contributed by atoms with Crippen molar-refractivity contribution in [1.82, 2.24) is 19.9 Å². The summed E-state index contributed by atoms with van der Waals surface area (Å²) in [5, 5.41) is 15.9. The Morgan fingerprint density at radius 1 is 1.63 bits per heavy atom. The van der Waals surface area contributed by atoms with E-state index in [1.54, 1.807) is 0 Å². The summed E-state index contributed by atoms with van der Waals surface area (Å²) in [4.78, 5) is 12.6. The molecule has 0 aromatic carbocycles. The van der Waals surface area contributed by atoms with Crippen molar-refractivity contribution in [1.29, 1.82) is 0 Å². The molecule has 1 saturated heterocycles. The number of rotatable bonds is 5. The molecule has 106 valence electrons. The van der Waals surface area contributed by atoms with Crippen LogP contribution in [0.1, 0.15) is 16.9 Å². The number of hydrogen-bond acceptors (Lipinski definition) is 6. The van der Waals surface area contributed by atoms with Crippen molar-refractivity contribution in [3.63, 3.8) is 0 Å². The predicted molar refractivity (Wildman–Crippen MR) is 66.7 cm³/mol. The Labute approximate surface area is 110 Å². The van der Waals surface area contributed by atoms with Crippen LogP contribution in [0, 0.1) is 0 Å². The van der Waals surface area contributed by atoms with Crippen LogP contribution in [0.3, 0.4) is 0 Å². The van der Waals surface area contributed by atoms with Crippen LogP contribution >= 0.6 is 0 Å². The van der Waals surface area contributed by atoms with Gasteiger partial charge in [0.05, 0.1) is 24.2 Å². The van der Waals surface area contributed by atoms with Crippen LogP contribution in [0.15, 0.2) is 6.20 Å². The van der Waals surface area contributed by atoms with Crippen molar-refractivity contribution in [3.05, 3.63) is 11.9 Å². The molecule has 1 N–H and O–H groups in total. The predicted octanol–water partition coefficient (Wildman–Crippen LogP) is -0.905. The average Bonchev–Trinajstić information content (AvgIpc) is 2.92. The van der Waals surface area contributed by atoms with Gasteiger partial charge in [0.25, 0.3) is 0 Å². The molecule has 1 aliphatic rings. The Balaban J connectivity index is 1.86. The molecule has 0 radical (unpaired) electrons. The van der Waals surface area contributed by atoms with E-state index in [9.17, 15) is 13.2 Å². The maximum Gasteiger partial charge on any atom is 0.358 e. The highest BCUT2D eigenvalue weighted by Crippen LogP contribution is 2.16. The zero-order chi connectivity index (χ0) is 14.0. The highest BCUT2D eigenvalue weighted by atomic mass is 32.2. The van der Waals surface area contributed by atoms with E-state index in [1.165, 1.54) is 10.9 Å². The van der Waals surface area contributed by atoms with E-state index in [2.05, 4.69) is 10.3 Å². The minimum atomic E-state index is -2.88. The molecule has 1 aliphatic heterocycles. The van der Waals surface area contributed by atoms with Gasteiger partial charge in [-0.05, 0) is 13.5 Å². The van der Waals surface area contributed by atoms with Gasteiger partial charge in [0, 0.05) is 12.6 Å². The fourth-order valence-electron chi connectivity index (χ4n) is 2.07. The molecule has 0 aliphatic carbocycles. The molecule has 0 bridgehead atoms. The average molecular weight is 288 g/mol. The van der Waals surface area contributed by atoms with Crippen molar-refractivity contribution < 1.29 is 18.3 Å². The standard InChI is InChI=1S/C10H16N4O4S/c1-13(8-2-5-19(17,18)7-8)3-4-14-6-9(10(15)16)11-12-14/h6,8H,2-5,7H2,1H3,(H,15,16). The molecular weight excluding hydrogens is 272 g/mol. The van der Waals surface area contributed by atoms with Crippen molar-refractivity contribution in [2.24, 2.45) is 0 Å². The molecule has 1 aromatic rings. The first-order valence-electron chi connectivity index (χ1n) is 5.91. The van der Waals surface area contributed by atoms with E-state index < -0.39 is 15.8 Å². The van der Waals surface area contributed by atoms with E-state index in [0.717, 1.165) is 0 Å². The summed E-state index contributed by atoms with van der Waals surface area (Å²) in [5.41, 5.74) is -0.0916. The van der Waals surface area contributed by atoms with Crippen LogP contribution in [0.2, 0.25) is 0 Å². The Morgan fingerprint density at radius 2 is 2.37 bits per heavy atom. The van der Waals surface area contributed by atoms with Gasteiger partial charge in [0.2, 0.25) is 0 Å². The second-order valence-electron chi connectivity index (χ2n) is 4.71. The van der Waals surface area contributed by atoms with Crippen molar-refractivity contribution >= 4 is 15.8 Å². The highest BCUT2D eigenvalue weighted by Gasteiger charge is 2.30. The van der Waals surface area contributed by atoms with Gasteiger partial charge in [-0.25, -0.2) is 13.2 Å². The zero-order valence-electron chi connectivity index (χ0n) is 10.6. The van der Waals surface area contributed by atoms with Gasteiger partial charge in [-0.2, -0.15) is 0 Å². The number of sulfone groups is 1. The molecule has 0 spiro atoms. The van der Waals surface area contributed by atoms with E-state index in [4.69, 9.17) is 5.11 Å². The van der Waals surface area contributed by atoms with Gasteiger partial charge in [-0.1, -0.05) is 5.21 Å². The van der Waals surface area contributed by atoms with Crippen LogP contribution in [0.25, 0.3) is 0 Å². The van der Waals surface area contributed by atoms with Crippen LogP contribution < -0.4 is 0 Å². The van der Waals surface area contributed by atoms with Gasteiger partial charge in [0.1, 0.15) is 0 Å². The molecule has 0 amide bonds. The first kappa shape index (κ1) is 13.9. The summed E-state index contributed by atoms with van der Waals surface area (Å²) in [6.45, 7) is 1.08. The Hall–Kier alpha value is -1.48. The Morgan fingerprint density at radius 3 is 2.89 bits per heavy atom. The van der Waals surface area contributed by atoms with Crippen LogP contribution in [-0.4, -0.2) is 70.5 Å². The minimum absolute atomic E-state index is 0.0347. The molecule has 0 saturated carbocycles. The first-order chi connectivity index (χ1) is 8.87. The number of aromatic carboxylic acids is 1. The molecule has 2 heterocycles. The summed E-state index contributed by atoms with van der Waals surface area (Å²) in [6, 6.07) is 0.0347. The van der Waals surface area contributed by atoms with E-state index in [0.29, 0.717) is 19.5 Å². The Kier molecular flexibility index (Phi) is 3.85. The maximum absolute atomic E-state index is 11.4. The topological polar surface area (TPSA) is 105 Å². The third kappa shape index (κ3) is 3.51. The molecule has 1 unspecified atom stereocenters. The largest absolute Gasteiger partial charge is 0.476 e. The Bertz CT molecular complexity index is 568. The monoisotopic (exact) mass is 288 g/mol. The lowest BCUT2D eigenvalue weighted by Crippen LogP contribution is -2.35. The number of carboxylic acid groups (broad SMARTS) is 1. The summed E-state index contributed by atoms with van der Waals surface area (Å²) in [6.07, 6.45) is 2.01. The summed E-state index contributed by atoms with van der Waals surface area (Å²) >= 11 is 0. The minimum Gasteiger partial charge on any atom is -0.476 e. The third-order valence-corrected chi connectivity index (χ3v) is 5.02. The smallest absolute Gasteiger partial charge is 0.358 e. The number of carbonyl (C=O) groups is 1. The number of aromatic nitrogens is 3. The molecule has 1 atom stereocenters. The van der Waals surface area contributed by atoms with Crippen LogP contribution in [0.5, 0.6) is 0 Å². The lowest BCUT2D eigenvalue weighted by atomic mass is 10.2. The first-order valence-corrected chi connectivity index (χ1v) is 7.73. The number of hydrogen-bond donors (Lipinski definition) is 1. The fourth-order valence-corrected chi connectivity index (χ4v) is 3.88. The number of nitrogens with zero attached hydrogens (tertiary/aromatic N) is 4. The summed E-state index contributed by atoms with van der Waals surface area (Å²) in [7, 11) is -1.02. The molecule has 1 fully saturated rings. The van der Waals surface area contributed by atoms with E-state index >= 15 is 0 Å². The highest BCUT2D eigenvalue weighted by molar-refractivity contribution is 7.91. The van der Waals surface area contributed by atoms with Gasteiger partial charge < -0.3 is 10.0 Å². The molecular formula is C10H16N4O4S. The molecule has 19 heavy (non-hydrogen) atoms. The van der Waals surface area contributed by atoms with E-state index in [-0.39, 0.29) is 23.2 Å². The molecule has 1 aromatic heterocycles. The molecule has 9 heteroatoms. The second kappa shape index (κ2) is 5.25. The maximum atomic E-state index is 11.4. The van der Waals surface area contributed by atoms with Gasteiger partial charge in [-0.3, -0.25) is 4.68 Å². The van der Waals surface area contributed by atoms with Gasteiger partial charge >= 0.3 is 5.97 Å². The van der Waals surface area contributed by atoms with Gasteiger partial charge in [-0.15, -0.1) is 5.10 Å². The van der Waals surface area contributed by atoms with Crippen molar-refractivity contribution in [2.45, 2.75) is 19.0 Å². The quantitative estimate of drug-likeness (QED) is 0.748. The van der Waals surface area contributed by atoms with Crippen molar-refractivity contribution in [3.8, 4) is 0 Å². The van der Waals surface area contributed by atoms with Crippen LogP contribution in [-0.2, 0) is 16.4 Å². The summed E-state index contributed by atoms with van der Waals surface area (Å²) < 4.78 is 24.2. The molecule has 2 rings (SSSR count). The van der Waals surface area contributed by atoms with Gasteiger partial charge in [0.15, 0.2) is 15.5 Å². The van der Waals surface area contributed by atoms with Crippen molar-refractivity contribution in [2.75, 3.05) is 25.1 Å². The number of carboxylic acids is 1.